The van der Waals surface area contributed by atoms with Crippen molar-refractivity contribution in [1.29, 1.82) is 5.41 Å². The van der Waals surface area contributed by atoms with Crippen LogP contribution in [0.1, 0.15) is 0 Å². The molecule has 1 aliphatic heterocycles. The lowest BCUT2D eigenvalue weighted by Gasteiger charge is -2.10. The van der Waals surface area contributed by atoms with Gasteiger partial charge in [0.05, 0.1) is 0 Å². The van der Waals surface area contributed by atoms with Crippen LogP contribution in [0.4, 0.5) is 0 Å². The number of hydrogen-bond acceptors (Lipinski definition) is 4. The van der Waals surface area contributed by atoms with Crippen molar-refractivity contribution in [2.75, 3.05) is 0 Å². The van der Waals surface area contributed by atoms with Crippen LogP contribution >= 0.6 is 22.6 Å². The van der Waals surface area contributed by atoms with Crippen LogP contribution in [0.3, 0.4) is 0 Å². The van der Waals surface area contributed by atoms with Crippen molar-refractivity contribution in [1.82, 2.24) is 5.32 Å². The van der Waals surface area contributed by atoms with Gasteiger partial charge < -0.3 is 16.2 Å². The van der Waals surface area contributed by atoms with Gasteiger partial charge in [-0.3, -0.25) is 5.41 Å². The van der Waals surface area contributed by atoms with Crippen molar-refractivity contribution in [2.24, 2.45) is 10.7 Å². The number of allylic oxidation sites excluding steroid dienone is 1. The van der Waals surface area contributed by atoms with Gasteiger partial charge in [-0.2, -0.15) is 0 Å². The molecule has 1 aliphatic rings. The van der Waals surface area contributed by atoms with Crippen LogP contribution in [0.25, 0.3) is 0 Å². The third-order valence-electron chi connectivity index (χ3n) is 1.38. The van der Waals surface area contributed by atoms with Crippen molar-refractivity contribution in [3.63, 3.8) is 0 Å². The summed E-state index contributed by atoms with van der Waals surface area (Å²) in [4.78, 5) is 14.5. The molecule has 0 aliphatic carbocycles. The van der Waals surface area contributed by atoms with Crippen LogP contribution in [-0.4, -0.2) is 23.1 Å². The number of amidine groups is 1. The first-order valence-corrected chi connectivity index (χ1v) is 4.58. The molecule has 0 atom stereocenters. The van der Waals surface area contributed by atoms with Gasteiger partial charge in [0.25, 0.3) is 0 Å². The minimum Gasteiger partial charge on any atom is -0.477 e. The minimum atomic E-state index is -1.28. The van der Waals surface area contributed by atoms with E-state index in [0.29, 0.717) is 0 Å². The van der Waals surface area contributed by atoms with E-state index in [-0.39, 0.29) is 11.4 Å². The predicted octanol–water partition coefficient (Wildman–Crippen LogP) is 0.169. The predicted molar refractivity (Wildman–Crippen MR) is 60.3 cm³/mol. The average Bonchev–Trinajstić information content (AvgIpc) is 2.07. The fourth-order valence-corrected chi connectivity index (χ4v) is 1.11. The van der Waals surface area contributed by atoms with Crippen LogP contribution in [0, 0.1) is 5.41 Å². The third-order valence-corrected chi connectivity index (χ3v) is 1.97. The van der Waals surface area contributed by atoms with E-state index < -0.39 is 11.8 Å². The van der Waals surface area contributed by atoms with Gasteiger partial charge in [0.2, 0.25) is 0 Å². The molecule has 0 saturated heterocycles. The maximum atomic E-state index is 10.7. The number of hydrogen-bond donors (Lipinski definition) is 4. The van der Waals surface area contributed by atoms with Crippen molar-refractivity contribution >= 4 is 40.6 Å². The lowest BCUT2D eigenvalue weighted by Crippen LogP contribution is -2.25. The van der Waals surface area contributed by atoms with Gasteiger partial charge in [-0.05, 0) is 22.6 Å². The molecular formula is C7H7IN4O2. The molecule has 14 heavy (non-hydrogen) atoms. The first kappa shape index (κ1) is 10.7. The quantitative estimate of drug-likeness (QED) is 0.252. The maximum Gasteiger partial charge on any atom is 0.343 e. The molecule has 0 radical (unpaired) electrons. The Bertz CT molecular complexity index is 367. The highest BCUT2D eigenvalue weighted by atomic mass is 127. The van der Waals surface area contributed by atoms with E-state index in [4.69, 9.17) is 16.2 Å². The zero-order valence-corrected chi connectivity index (χ0v) is 9.07. The summed E-state index contributed by atoms with van der Waals surface area (Å²) in [6.07, 6.45) is 3.06. The Kier molecular flexibility index (Phi) is 3.23. The SMILES string of the molecule is N=C(N)/C(C(=O)O)=C1/N=CC(I)=CN1. The fraction of sp³-hybridized carbons (Fsp3) is 0. The number of rotatable bonds is 2. The number of carbonyl (C=O) groups is 1. The highest BCUT2D eigenvalue weighted by Gasteiger charge is 2.17. The molecule has 0 aromatic rings. The summed E-state index contributed by atoms with van der Waals surface area (Å²) in [5.74, 6) is -1.73. The number of nitrogens with two attached hydrogens (primary N) is 1. The number of aliphatic imine (C=N–C) groups is 1. The fourth-order valence-electron chi connectivity index (χ4n) is 0.819. The van der Waals surface area contributed by atoms with Crippen molar-refractivity contribution in [2.45, 2.75) is 0 Å². The number of nitrogens with one attached hydrogen (secondary N) is 2. The molecule has 1 heterocycles. The Hall–Kier alpha value is -1.38. The number of halogens is 1. The van der Waals surface area contributed by atoms with Crippen molar-refractivity contribution in [3.05, 3.63) is 21.2 Å². The summed E-state index contributed by atoms with van der Waals surface area (Å²) in [5.41, 5.74) is 4.78. The van der Waals surface area contributed by atoms with Gasteiger partial charge in [-0.1, -0.05) is 0 Å². The number of carboxylic acid groups (broad SMARTS) is 1. The summed E-state index contributed by atoms with van der Waals surface area (Å²) in [6, 6.07) is 0. The van der Waals surface area contributed by atoms with E-state index >= 15 is 0 Å². The van der Waals surface area contributed by atoms with E-state index in [9.17, 15) is 4.79 Å². The summed E-state index contributed by atoms with van der Waals surface area (Å²) in [5, 5.41) is 18.5. The average molecular weight is 306 g/mol. The van der Waals surface area contributed by atoms with Crippen LogP contribution in [0.5, 0.6) is 0 Å². The number of nitrogens with zero attached hydrogens (tertiary/aromatic N) is 1. The maximum absolute atomic E-state index is 10.7. The molecule has 6 nitrogen and oxygen atoms in total. The topological polar surface area (TPSA) is 112 Å². The lowest BCUT2D eigenvalue weighted by atomic mass is 10.2. The smallest absolute Gasteiger partial charge is 0.343 e. The highest BCUT2D eigenvalue weighted by Crippen LogP contribution is 2.11. The Morgan fingerprint density at radius 2 is 2.36 bits per heavy atom. The van der Waals surface area contributed by atoms with Crippen LogP contribution in [-0.2, 0) is 4.79 Å². The van der Waals surface area contributed by atoms with Gasteiger partial charge in [-0.25, -0.2) is 9.79 Å². The van der Waals surface area contributed by atoms with Crippen LogP contribution < -0.4 is 11.1 Å². The second-order valence-electron chi connectivity index (χ2n) is 2.37. The molecule has 0 unspecified atom stereocenters. The summed E-state index contributed by atoms with van der Waals surface area (Å²) < 4.78 is 0.833. The zero-order chi connectivity index (χ0) is 10.7. The van der Waals surface area contributed by atoms with Crippen molar-refractivity contribution in [3.8, 4) is 0 Å². The lowest BCUT2D eigenvalue weighted by molar-refractivity contribution is -0.132. The van der Waals surface area contributed by atoms with E-state index in [1.165, 1.54) is 6.21 Å². The molecule has 74 valence electrons. The molecule has 7 heteroatoms. The Labute approximate surface area is 93.2 Å². The molecule has 0 saturated carbocycles. The first-order valence-electron chi connectivity index (χ1n) is 3.50. The second-order valence-corrected chi connectivity index (χ2v) is 3.62. The largest absolute Gasteiger partial charge is 0.477 e. The van der Waals surface area contributed by atoms with E-state index in [0.717, 1.165) is 3.58 Å². The van der Waals surface area contributed by atoms with Crippen LogP contribution in [0.15, 0.2) is 26.2 Å². The molecule has 0 bridgehead atoms. The molecule has 0 aromatic heterocycles. The summed E-state index contributed by atoms with van der Waals surface area (Å²) in [6.45, 7) is 0. The monoisotopic (exact) mass is 306 g/mol. The van der Waals surface area contributed by atoms with Crippen molar-refractivity contribution < 1.29 is 9.90 Å². The van der Waals surface area contributed by atoms with Gasteiger partial charge >= 0.3 is 5.97 Å². The molecule has 0 fully saturated rings. The number of carboxylic acids is 1. The molecule has 0 amide bonds. The molecule has 0 spiro atoms. The highest BCUT2D eigenvalue weighted by molar-refractivity contribution is 14.1. The first-order chi connectivity index (χ1) is 6.52. The minimum absolute atomic E-state index is 0.0745. The van der Waals surface area contributed by atoms with Gasteiger partial charge in [0, 0.05) is 16.0 Å². The molecular weight excluding hydrogens is 299 g/mol. The Balaban J connectivity index is 3.10. The zero-order valence-electron chi connectivity index (χ0n) is 6.91. The van der Waals surface area contributed by atoms with E-state index in [2.05, 4.69) is 10.3 Å². The Morgan fingerprint density at radius 3 is 2.71 bits per heavy atom. The Morgan fingerprint density at radius 1 is 1.71 bits per heavy atom. The van der Waals surface area contributed by atoms with Crippen LogP contribution in [0.2, 0.25) is 0 Å². The van der Waals surface area contributed by atoms with Gasteiger partial charge in [-0.15, -0.1) is 0 Å². The summed E-state index contributed by atoms with van der Waals surface area (Å²) >= 11 is 2.02. The molecule has 1 rings (SSSR count). The van der Waals surface area contributed by atoms with E-state index in [1.807, 2.05) is 22.6 Å². The third kappa shape index (κ3) is 2.31. The molecule has 5 N–H and O–H groups in total. The normalized spacial score (nSPS) is 18.2. The van der Waals surface area contributed by atoms with E-state index in [1.54, 1.807) is 6.20 Å². The standard InChI is InChI=1S/C7H7IN4O2/c8-3-1-11-6(12-2-3)4(5(9)10)7(13)14/h1-2,11H,(H3,9,10)(H,13,14)/b6-4-. The number of aliphatic carboxylic acids is 1. The van der Waals surface area contributed by atoms with Gasteiger partial charge in [0.1, 0.15) is 17.2 Å². The second kappa shape index (κ2) is 4.22. The molecule has 0 aromatic carbocycles. The summed E-state index contributed by atoms with van der Waals surface area (Å²) in [7, 11) is 0. The van der Waals surface area contributed by atoms with Gasteiger partial charge in [0.15, 0.2) is 0 Å².